The fraction of sp³-hybridized carbons (Fsp3) is 0.500. The Morgan fingerprint density at radius 3 is 2.50 bits per heavy atom. The van der Waals surface area contributed by atoms with Crippen molar-refractivity contribution in [1.82, 2.24) is 0 Å². The predicted octanol–water partition coefficient (Wildman–Crippen LogP) is 3.45. The van der Waals surface area contributed by atoms with Gasteiger partial charge in [0.15, 0.2) is 0 Å². The molecule has 0 saturated carbocycles. The van der Waals surface area contributed by atoms with Crippen molar-refractivity contribution in [2.75, 3.05) is 0 Å². The van der Waals surface area contributed by atoms with Crippen molar-refractivity contribution in [3.05, 3.63) is 34.4 Å². The molecule has 16 heavy (non-hydrogen) atoms. The second-order valence-electron chi connectivity index (χ2n) is 5.68. The summed E-state index contributed by atoms with van der Waals surface area (Å²) in [4.78, 5) is 0. The minimum absolute atomic E-state index is 0.189. The second-order valence-corrected chi connectivity index (χ2v) is 5.68. The Hall–Kier alpha value is -1.31. The number of hydrogen-bond acceptors (Lipinski definition) is 2. The van der Waals surface area contributed by atoms with E-state index in [0.29, 0.717) is 0 Å². The summed E-state index contributed by atoms with van der Waals surface area (Å²) in [6.45, 7) is 8.65. The van der Waals surface area contributed by atoms with Gasteiger partial charge in [-0.25, -0.2) is 0 Å². The molecule has 1 aliphatic carbocycles. The Morgan fingerprint density at radius 2 is 1.88 bits per heavy atom. The molecule has 0 atom stereocenters. The molecule has 0 aromatic heterocycles. The Labute approximate surface area is 97.0 Å². The Bertz CT molecular complexity index is 458. The number of rotatable bonds is 0. The number of benzene rings is 1. The van der Waals surface area contributed by atoms with Crippen LogP contribution in [0.25, 0.3) is 0 Å². The summed E-state index contributed by atoms with van der Waals surface area (Å²) in [5.41, 5.74) is 6.01. The van der Waals surface area contributed by atoms with E-state index in [-0.39, 0.29) is 5.41 Å². The van der Waals surface area contributed by atoms with Crippen LogP contribution in [-0.2, 0) is 6.42 Å². The number of oxime groups is 1. The van der Waals surface area contributed by atoms with Crippen LogP contribution in [-0.4, -0.2) is 10.9 Å². The fourth-order valence-corrected chi connectivity index (χ4v) is 2.81. The van der Waals surface area contributed by atoms with Crippen molar-refractivity contribution >= 4 is 5.71 Å². The molecular formula is C14H19NO. The summed E-state index contributed by atoms with van der Waals surface area (Å²) in [6, 6.07) is 4.37. The lowest BCUT2D eigenvalue weighted by molar-refractivity contribution is 0.306. The summed E-state index contributed by atoms with van der Waals surface area (Å²) < 4.78 is 0. The van der Waals surface area contributed by atoms with Gasteiger partial charge in [0, 0.05) is 5.56 Å². The Balaban J connectivity index is 2.64. The highest BCUT2D eigenvalue weighted by Crippen LogP contribution is 2.36. The minimum atomic E-state index is 0.189. The lowest BCUT2D eigenvalue weighted by atomic mass is 9.72. The number of aryl methyl sites for hydroxylation is 2. The molecule has 1 N–H and O–H groups in total. The van der Waals surface area contributed by atoms with Crippen LogP contribution >= 0.6 is 0 Å². The molecule has 0 fully saturated rings. The van der Waals surface area contributed by atoms with Crippen LogP contribution in [0.15, 0.2) is 17.3 Å². The van der Waals surface area contributed by atoms with E-state index in [1.165, 1.54) is 16.7 Å². The molecule has 1 aromatic carbocycles. The van der Waals surface area contributed by atoms with Gasteiger partial charge in [-0.3, -0.25) is 0 Å². The summed E-state index contributed by atoms with van der Waals surface area (Å²) in [5, 5.41) is 12.6. The van der Waals surface area contributed by atoms with Gasteiger partial charge < -0.3 is 5.21 Å². The summed E-state index contributed by atoms with van der Waals surface area (Å²) in [7, 11) is 0. The highest BCUT2D eigenvalue weighted by molar-refractivity contribution is 6.04. The molecule has 0 bridgehead atoms. The first-order chi connectivity index (χ1) is 7.43. The molecule has 1 aliphatic rings. The van der Waals surface area contributed by atoms with Gasteiger partial charge in [-0.1, -0.05) is 36.7 Å². The largest absolute Gasteiger partial charge is 0.411 e. The van der Waals surface area contributed by atoms with Gasteiger partial charge in [0.1, 0.15) is 0 Å². The molecule has 0 saturated heterocycles. The fourth-order valence-electron chi connectivity index (χ4n) is 2.81. The Kier molecular flexibility index (Phi) is 2.53. The molecule has 1 aromatic rings. The van der Waals surface area contributed by atoms with E-state index in [9.17, 15) is 0 Å². The standard InChI is InChI=1S/C14H19NO/c1-9-5-10(2)13-11(6-9)7-14(3,4)8-12(13)15-16/h5-6,16H,7-8H2,1-4H3/b15-12+. The van der Waals surface area contributed by atoms with Crippen LogP contribution in [0.1, 0.15) is 42.5 Å². The van der Waals surface area contributed by atoms with Gasteiger partial charge in [0.05, 0.1) is 5.71 Å². The maximum absolute atomic E-state index is 9.15. The normalized spacial score (nSPS) is 20.9. The summed E-state index contributed by atoms with van der Waals surface area (Å²) in [5.74, 6) is 0. The molecule has 0 heterocycles. The van der Waals surface area contributed by atoms with Gasteiger partial charge >= 0.3 is 0 Å². The van der Waals surface area contributed by atoms with E-state index < -0.39 is 0 Å². The molecule has 0 aliphatic heterocycles. The monoisotopic (exact) mass is 217 g/mol. The molecule has 86 valence electrons. The molecule has 2 rings (SSSR count). The zero-order valence-electron chi connectivity index (χ0n) is 10.5. The minimum Gasteiger partial charge on any atom is -0.411 e. The van der Waals surface area contributed by atoms with E-state index >= 15 is 0 Å². The first kappa shape index (κ1) is 11.2. The van der Waals surface area contributed by atoms with E-state index in [0.717, 1.165) is 24.1 Å². The molecular weight excluding hydrogens is 198 g/mol. The van der Waals surface area contributed by atoms with Crippen LogP contribution in [0, 0.1) is 19.3 Å². The topological polar surface area (TPSA) is 32.6 Å². The maximum Gasteiger partial charge on any atom is 0.0878 e. The lowest BCUT2D eigenvalue weighted by Crippen LogP contribution is -2.28. The number of hydrogen-bond donors (Lipinski definition) is 1. The van der Waals surface area contributed by atoms with E-state index in [1.54, 1.807) is 0 Å². The zero-order chi connectivity index (χ0) is 11.9. The van der Waals surface area contributed by atoms with Crippen LogP contribution in [0.2, 0.25) is 0 Å². The molecule has 2 heteroatoms. The van der Waals surface area contributed by atoms with E-state index in [4.69, 9.17) is 5.21 Å². The summed E-state index contributed by atoms with van der Waals surface area (Å²) >= 11 is 0. The van der Waals surface area contributed by atoms with Crippen molar-refractivity contribution in [3.8, 4) is 0 Å². The molecule has 0 radical (unpaired) electrons. The second kappa shape index (κ2) is 3.62. The van der Waals surface area contributed by atoms with Gasteiger partial charge in [0.25, 0.3) is 0 Å². The van der Waals surface area contributed by atoms with Gasteiger partial charge in [-0.15, -0.1) is 0 Å². The Morgan fingerprint density at radius 1 is 1.19 bits per heavy atom. The first-order valence-electron chi connectivity index (χ1n) is 5.74. The predicted molar refractivity (Wildman–Crippen MR) is 66.3 cm³/mol. The van der Waals surface area contributed by atoms with E-state index in [1.807, 2.05) is 0 Å². The van der Waals surface area contributed by atoms with Gasteiger partial charge in [0.2, 0.25) is 0 Å². The third kappa shape index (κ3) is 1.84. The zero-order valence-corrected chi connectivity index (χ0v) is 10.5. The van der Waals surface area contributed by atoms with Gasteiger partial charge in [-0.05, 0) is 43.2 Å². The van der Waals surface area contributed by atoms with Crippen LogP contribution < -0.4 is 0 Å². The quantitative estimate of drug-likeness (QED) is 0.524. The average molecular weight is 217 g/mol. The highest BCUT2D eigenvalue weighted by atomic mass is 16.4. The molecule has 2 nitrogen and oxygen atoms in total. The highest BCUT2D eigenvalue weighted by Gasteiger charge is 2.30. The van der Waals surface area contributed by atoms with Crippen molar-refractivity contribution in [2.45, 2.75) is 40.5 Å². The number of nitrogens with zero attached hydrogens (tertiary/aromatic N) is 1. The van der Waals surface area contributed by atoms with Crippen molar-refractivity contribution in [2.24, 2.45) is 10.6 Å². The van der Waals surface area contributed by atoms with Crippen LogP contribution in [0.3, 0.4) is 0 Å². The van der Waals surface area contributed by atoms with Crippen molar-refractivity contribution in [1.29, 1.82) is 0 Å². The lowest BCUT2D eigenvalue weighted by Gasteiger charge is -2.32. The smallest absolute Gasteiger partial charge is 0.0878 e. The maximum atomic E-state index is 9.15. The molecule has 0 spiro atoms. The molecule has 0 amide bonds. The van der Waals surface area contributed by atoms with Crippen molar-refractivity contribution in [3.63, 3.8) is 0 Å². The van der Waals surface area contributed by atoms with Crippen LogP contribution in [0.5, 0.6) is 0 Å². The van der Waals surface area contributed by atoms with E-state index in [2.05, 4.69) is 45.0 Å². The third-order valence-corrected chi connectivity index (χ3v) is 3.29. The van der Waals surface area contributed by atoms with Crippen molar-refractivity contribution < 1.29 is 5.21 Å². The summed E-state index contributed by atoms with van der Waals surface area (Å²) in [6.07, 6.45) is 1.91. The average Bonchev–Trinajstić information content (AvgIpc) is 2.13. The third-order valence-electron chi connectivity index (χ3n) is 3.29. The molecule has 0 unspecified atom stereocenters. The number of fused-ring (bicyclic) bond motifs is 1. The SMILES string of the molecule is Cc1cc(C)c2c(c1)CC(C)(C)C/C2=N\O. The van der Waals surface area contributed by atoms with Crippen LogP contribution in [0.4, 0.5) is 0 Å². The van der Waals surface area contributed by atoms with Gasteiger partial charge in [-0.2, -0.15) is 0 Å². The first-order valence-corrected chi connectivity index (χ1v) is 5.74.